The maximum Gasteiger partial charge on any atom is 0.416 e. The van der Waals surface area contributed by atoms with Crippen LogP contribution in [0.15, 0.2) is 66.7 Å². The number of nitrogens with zero attached hydrogens (tertiary/aromatic N) is 2. The lowest BCUT2D eigenvalue weighted by atomic mass is 9.76. The van der Waals surface area contributed by atoms with Crippen LogP contribution >= 0.6 is 35.6 Å². The van der Waals surface area contributed by atoms with E-state index < -0.39 is 41.5 Å². The summed E-state index contributed by atoms with van der Waals surface area (Å²) in [7, 11) is 0. The number of cyclic esters (lactones) is 1. The Morgan fingerprint density at radius 3 is 2.02 bits per heavy atom. The molecule has 3 aromatic carbocycles. The van der Waals surface area contributed by atoms with E-state index in [4.69, 9.17) is 27.9 Å². The molecule has 1 atom stereocenters. The van der Waals surface area contributed by atoms with E-state index in [1.165, 1.54) is 5.56 Å². The Labute approximate surface area is 279 Å². The van der Waals surface area contributed by atoms with Gasteiger partial charge < -0.3 is 20.0 Å². The predicted octanol–water partition coefficient (Wildman–Crippen LogP) is 8.79. The van der Waals surface area contributed by atoms with Crippen LogP contribution in [0.1, 0.15) is 53.0 Å². The molecule has 0 bridgehead atoms. The average molecular weight is 714 g/mol. The molecule has 2 aliphatic rings. The Bertz CT molecular complexity index is 1450. The van der Waals surface area contributed by atoms with Crippen LogP contribution in [0.5, 0.6) is 0 Å². The monoisotopic (exact) mass is 712 g/mol. The molecule has 2 fully saturated rings. The van der Waals surface area contributed by atoms with Crippen LogP contribution in [0.4, 0.5) is 31.1 Å². The molecule has 5 nitrogen and oxygen atoms in total. The molecule has 0 aliphatic carbocycles. The van der Waals surface area contributed by atoms with Gasteiger partial charge in [0.25, 0.3) is 0 Å². The van der Waals surface area contributed by atoms with Crippen molar-refractivity contribution in [2.75, 3.05) is 32.8 Å². The van der Waals surface area contributed by atoms with Gasteiger partial charge in [-0.15, -0.1) is 12.4 Å². The van der Waals surface area contributed by atoms with Crippen molar-refractivity contribution in [2.24, 2.45) is 0 Å². The number of hydrogen-bond acceptors (Lipinski definition) is 3. The summed E-state index contributed by atoms with van der Waals surface area (Å²) in [6.45, 7) is 1.81. The third kappa shape index (κ3) is 8.80. The Morgan fingerprint density at radius 2 is 1.46 bits per heavy atom. The van der Waals surface area contributed by atoms with Gasteiger partial charge in [0, 0.05) is 18.5 Å². The van der Waals surface area contributed by atoms with E-state index in [2.05, 4.69) is 17.0 Å². The van der Waals surface area contributed by atoms with Gasteiger partial charge in [0.05, 0.1) is 21.2 Å². The molecule has 5 rings (SSSR count). The highest BCUT2D eigenvalue weighted by atomic mass is 35.5. The summed E-state index contributed by atoms with van der Waals surface area (Å²) >= 11 is 12.5. The third-order valence-corrected chi connectivity index (χ3v) is 9.28. The van der Waals surface area contributed by atoms with Crippen molar-refractivity contribution >= 4 is 41.7 Å². The van der Waals surface area contributed by atoms with E-state index in [0.29, 0.717) is 41.6 Å². The Kier molecular flexibility index (Phi) is 12.3. The van der Waals surface area contributed by atoms with E-state index in [9.17, 15) is 31.1 Å². The Balaban J connectivity index is 0.00000288. The summed E-state index contributed by atoms with van der Waals surface area (Å²) in [6, 6.07) is 16.7. The van der Waals surface area contributed by atoms with E-state index in [1.54, 1.807) is 18.2 Å². The number of carbonyl (C=O) groups is 1. The number of amides is 1. The van der Waals surface area contributed by atoms with Crippen molar-refractivity contribution in [3.05, 3.63) is 105 Å². The zero-order chi connectivity index (χ0) is 31.7. The van der Waals surface area contributed by atoms with Gasteiger partial charge in [0.15, 0.2) is 0 Å². The van der Waals surface area contributed by atoms with Gasteiger partial charge in [-0.25, -0.2) is 4.79 Å². The molecule has 2 N–H and O–H groups in total. The molecule has 0 aromatic heterocycles. The van der Waals surface area contributed by atoms with Crippen molar-refractivity contribution in [1.29, 1.82) is 0 Å². The first-order valence-corrected chi connectivity index (χ1v) is 14.9. The third-order valence-electron chi connectivity index (χ3n) is 8.54. The molecule has 2 heterocycles. The highest BCUT2D eigenvalue weighted by Crippen LogP contribution is 2.40. The molecule has 252 valence electrons. The van der Waals surface area contributed by atoms with E-state index in [1.807, 2.05) is 18.2 Å². The number of ether oxygens (including phenoxy) is 1. The second-order valence-corrected chi connectivity index (χ2v) is 12.3. The first kappa shape index (κ1) is 37.8. The number of benzene rings is 3. The summed E-state index contributed by atoms with van der Waals surface area (Å²) in [6.07, 6.45) is -8.38. The van der Waals surface area contributed by atoms with Crippen LogP contribution in [-0.2, 0) is 29.0 Å². The zero-order valence-corrected chi connectivity index (χ0v) is 26.8. The minimum absolute atomic E-state index is 0. The van der Waals surface area contributed by atoms with Crippen LogP contribution in [-0.4, -0.2) is 54.2 Å². The molecule has 2 saturated heterocycles. The minimum Gasteiger partial charge on any atom is -0.448 e. The van der Waals surface area contributed by atoms with Gasteiger partial charge in [-0.3, -0.25) is 0 Å². The maximum atomic E-state index is 13.5. The van der Waals surface area contributed by atoms with Crippen molar-refractivity contribution < 1.29 is 41.4 Å². The van der Waals surface area contributed by atoms with Gasteiger partial charge >= 0.3 is 18.4 Å². The molecule has 3 aromatic rings. The fraction of sp³-hybridized carbons (Fsp3) is 0.406. The number of carbonyl (C=O) groups excluding carboxylic acids is 1. The molecule has 0 saturated carbocycles. The molecular weight excluding hydrogens is 681 g/mol. The summed E-state index contributed by atoms with van der Waals surface area (Å²) < 4.78 is 86.6. The summed E-state index contributed by atoms with van der Waals surface area (Å²) in [5.74, 6) is 0.455. The molecule has 2 aliphatic heterocycles. The first-order valence-electron chi connectivity index (χ1n) is 14.2. The van der Waals surface area contributed by atoms with Crippen LogP contribution in [0.3, 0.4) is 0 Å². The second kappa shape index (κ2) is 15.0. The van der Waals surface area contributed by atoms with Gasteiger partial charge in [0.2, 0.25) is 0 Å². The van der Waals surface area contributed by atoms with Crippen LogP contribution < -0.4 is 0 Å². The average Bonchev–Trinajstić information content (AvgIpc) is 2.99. The smallest absolute Gasteiger partial charge is 0.416 e. The Hall–Kier alpha value is -2.70. The zero-order valence-electron chi connectivity index (χ0n) is 24.4. The lowest BCUT2D eigenvalue weighted by Crippen LogP contribution is -2.53. The maximum absolute atomic E-state index is 13.5. The SMILES string of the molecule is Cl.O.O=C1OCC(CCN2CCC(c3ccccc3)CC2)(c2ccc(Cl)c(Cl)c2)CN1Cc1cc(C(F)(F)F)cc(C(F)(F)F)c1. The normalized spacial score (nSPS) is 19.7. The lowest BCUT2D eigenvalue weighted by Gasteiger charge is -2.44. The number of halogens is 9. The highest BCUT2D eigenvalue weighted by Gasteiger charge is 2.43. The summed E-state index contributed by atoms with van der Waals surface area (Å²) in [5.41, 5.74) is -2.02. The fourth-order valence-electron chi connectivity index (χ4n) is 6.10. The van der Waals surface area contributed by atoms with Gasteiger partial charge in [-0.1, -0.05) is 59.6 Å². The number of likely N-dealkylation sites (tertiary alicyclic amines) is 1. The largest absolute Gasteiger partial charge is 0.448 e. The van der Waals surface area contributed by atoms with Crippen molar-refractivity contribution in [1.82, 2.24) is 9.80 Å². The number of rotatable bonds is 7. The second-order valence-electron chi connectivity index (χ2n) is 11.5. The molecule has 46 heavy (non-hydrogen) atoms. The number of alkyl halides is 6. The van der Waals surface area contributed by atoms with E-state index >= 15 is 0 Å². The summed E-state index contributed by atoms with van der Waals surface area (Å²) in [5, 5.41) is 0.602. The molecular formula is C32H33Cl3F6N2O3. The Morgan fingerprint density at radius 1 is 0.848 bits per heavy atom. The van der Waals surface area contributed by atoms with Crippen LogP contribution in [0.2, 0.25) is 10.0 Å². The minimum atomic E-state index is -5.00. The predicted molar refractivity (Wildman–Crippen MR) is 167 cm³/mol. The molecule has 1 unspecified atom stereocenters. The van der Waals surface area contributed by atoms with Gasteiger partial charge in [-0.05, 0) is 91.8 Å². The first-order chi connectivity index (χ1) is 20.7. The van der Waals surface area contributed by atoms with Crippen molar-refractivity contribution in [3.63, 3.8) is 0 Å². The fourth-order valence-corrected chi connectivity index (χ4v) is 6.40. The lowest BCUT2D eigenvalue weighted by molar-refractivity contribution is -0.143. The highest BCUT2D eigenvalue weighted by molar-refractivity contribution is 6.42. The van der Waals surface area contributed by atoms with Crippen molar-refractivity contribution in [2.45, 2.75) is 49.5 Å². The summed E-state index contributed by atoms with van der Waals surface area (Å²) in [4.78, 5) is 16.4. The molecule has 0 spiro atoms. The van der Waals surface area contributed by atoms with E-state index in [0.717, 1.165) is 30.8 Å². The topological polar surface area (TPSA) is 64.3 Å². The van der Waals surface area contributed by atoms with E-state index in [-0.39, 0.29) is 47.7 Å². The van der Waals surface area contributed by atoms with Crippen molar-refractivity contribution in [3.8, 4) is 0 Å². The standard InChI is InChI=1S/C32H30Cl2F6N2O2.ClH.H2O/c33-27-7-6-24(17-28(27)34)30(10-13-41-11-8-23(9-12-41)22-4-2-1-3-5-22)19-42(29(43)44-20-30)18-21-14-25(31(35,36)37)16-26(15-21)32(38,39)40;;/h1-7,14-17,23H,8-13,18-20H2;1H;1H2. The quantitative estimate of drug-likeness (QED) is 0.230. The van der Waals surface area contributed by atoms with Gasteiger partial charge in [0.1, 0.15) is 6.61 Å². The molecule has 0 radical (unpaired) electrons. The van der Waals surface area contributed by atoms with Gasteiger partial charge in [-0.2, -0.15) is 26.3 Å². The number of piperidine rings is 1. The van der Waals surface area contributed by atoms with Crippen LogP contribution in [0, 0.1) is 0 Å². The number of hydrogen-bond donors (Lipinski definition) is 0. The van der Waals surface area contributed by atoms with Crippen LogP contribution in [0.25, 0.3) is 0 Å². The molecule has 1 amide bonds. The molecule has 14 heteroatoms.